The lowest BCUT2D eigenvalue weighted by molar-refractivity contribution is -0.143. The third-order valence-electron chi connectivity index (χ3n) is 0.756. The standard InChI is InChI=1S/C6H6F4O2/c7-4-5(11)12-3-1-2-6(8,9)10/h1-2H,3-4H2. The van der Waals surface area contributed by atoms with Gasteiger partial charge >= 0.3 is 12.1 Å². The molecule has 2 nitrogen and oxygen atoms in total. The first kappa shape index (κ1) is 10.9. The van der Waals surface area contributed by atoms with Crippen LogP contribution in [-0.2, 0) is 9.53 Å². The highest BCUT2D eigenvalue weighted by Gasteiger charge is 2.21. The topological polar surface area (TPSA) is 26.3 Å². The summed E-state index contributed by atoms with van der Waals surface area (Å²) in [6.07, 6.45) is -3.92. The molecule has 0 rings (SSSR count). The minimum Gasteiger partial charge on any atom is -0.460 e. The average Bonchev–Trinajstić information content (AvgIpc) is 1.96. The molecule has 0 saturated heterocycles. The Bertz CT molecular complexity index is 173. The van der Waals surface area contributed by atoms with E-state index in [1.165, 1.54) is 0 Å². The van der Waals surface area contributed by atoms with Gasteiger partial charge in [0.2, 0.25) is 0 Å². The Labute approximate surface area is 65.8 Å². The molecule has 0 aliphatic rings. The van der Waals surface area contributed by atoms with Gasteiger partial charge in [0.15, 0.2) is 6.67 Å². The molecule has 6 heteroatoms. The van der Waals surface area contributed by atoms with Crippen LogP contribution in [0, 0.1) is 0 Å². The third-order valence-corrected chi connectivity index (χ3v) is 0.756. The van der Waals surface area contributed by atoms with Crippen LogP contribution in [0.2, 0.25) is 0 Å². The lowest BCUT2D eigenvalue weighted by atomic mass is 10.5. The Balaban J connectivity index is 3.56. The first-order valence-corrected chi connectivity index (χ1v) is 2.91. The van der Waals surface area contributed by atoms with Crippen molar-refractivity contribution in [2.24, 2.45) is 0 Å². The van der Waals surface area contributed by atoms with Gasteiger partial charge in [0.25, 0.3) is 0 Å². The van der Waals surface area contributed by atoms with Crippen LogP contribution in [0.3, 0.4) is 0 Å². The van der Waals surface area contributed by atoms with E-state index < -0.39 is 25.4 Å². The van der Waals surface area contributed by atoms with Gasteiger partial charge in [-0.2, -0.15) is 13.2 Å². The van der Waals surface area contributed by atoms with Crippen LogP contribution < -0.4 is 0 Å². The molecule has 0 aliphatic heterocycles. The molecule has 0 bridgehead atoms. The molecule has 0 radical (unpaired) electrons. The molecule has 0 aromatic carbocycles. The maximum absolute atomic E-state index is 11.4. The molecule has 0 N–H and O–H groups in total. The van der Waals surface area contributed by atoms with Crippen LogP contribution in [0.4, 0.5) is 17.6 Å². The van der Waals surface area contributed by atoms with Crippen molar-refractivity contribution in [3.05, 3.63) is 12.2 Å². The van der Waals surface area contributed by atoms with Gasteiger partial charge in [-0.1, -0.05) is 0 Å². The fraction of sp³-hybridized carbons (Fsp3) is 0.500. The zero-order valence-corrected chi connectivity index (χ0v) is 5.90. The number of esters is 1. The van der Waals surface area contributed by atoms with Crippen molar-refractivity contribution >= 4 is 5.97 Å². The summed E-state index contributed by atoms with van der Waals surface area (Å²) in [6.45, 7) is -1.90. The van der Waals surface area contributed by atoms with Crippen LogP contribution >= 0.6 is 0 Å². The molecule has 0 fully saturated rings. The van der Waals surface area contributed by atoms with Gasteiger partial charge < -0.3 is 4.74 Å². The van der Waals surface area contributed by atoms with E-state index >= 15 is 0 Å². The maximum Gasteiger partial charge on any atom is 0.409 e. The number of allylic oxidation sites excluding steroid dienone is 1. The Morgan fingerprint density at radius 1 is 1.42 bits per heavy atom. The first-order chi connectivity index (χ1) is 5.45. The summed E-state index contributed by atoms with van der Waals surface area (Å²) >= 11 is 0. The number of hydrogen-bond acceptors (Lipinski definition) is 2. The van der Waals surface area contributed by atoms with Crippen molar-refractivity contribution in [1.82, 2.24) is 0 Å². The van der Waals surface area contributed by atoms with Crippen LogP contribution in [-0.4, -0.2) is 25.4 Å². The normalized spacial score (nSPS) is 12.0. The second-order valence-electron chi connectivity index (χ2n) is 1.76. The van der Waals surface area contributed by atoms with Crippen molar-refractivity contribution in [2.45, 2.75) is 6.18 Å². The molecule has 0 heterocycles. The van der Waals surface area contributed by atoms with E-state index in [0.29, 0.717) is 6.08 Å². The summed E-state index contributed by atoms with van der Waals surface area (Å²) in [5.74, 6) is -1.18. The van der Waals surface area contributed by atoms with Crippen molar-refractivity contribution in [3.8, 4) is 0 Å². The number of halogens is 4. The summed E-state index contributed by atoms with van der Waals surface area (Å²) in [6, 6.07) is 0. The number of ether oxygens (including phenoxy) is 1. The number of carbonyl (C=O) groups is 1. The SMILES string of the molecule is O=C(CF)OCC=CC(F)(F)F. The summed E-state index contributed by atoms with van der Waals surface area (Å²) in [5, 5.41) is 0. The largest absolute Gasteiger partial charge is 0.460 e. The zero-order chi connectivity index (χ0) is 9.61. The Morgan fingerprint density at radius 2 is 2.00 bits per heavy atom. The highest BCUT2D eigenvalue weighted by molar-refractivity contribution is 5.70. The second kappa shape index (κ2) is 4.74. The van der Waals surface area contributed by atoms with Crippen molar-refractivity contribution in [1.29, 1.82) is 0 Å². The molecule has 70 valence electrons. The van der Waals surface area contributed by atoms with Gasteiger partial charge in [0.1, 0.15) is 6.61 Å². The number of rotatable bonds is 3. The number of alkyl halides is 4. The van der Waals surface area contributed by atoms with E-state index in [1.54, 1.807) is 0 Å². The van der Waals surface area contributed by atoms with Crippen LogP contribution in [0.25, 0.3) is 0 Å². The van der Waals surface area contributed by atoms with Gasteiger partial charge in [-0.15, -0.1) is 0 Å². The molecule has 0 aromatic heterocycles. The van der Waals surface area contributed by atoms with Crippen LogP contribution in [0.5, 0.6) is 0 Å². The molecular formula is C6H6F4O2. The molecule has 0 atom stereocenters. The zero-order valence-electron chi connectivity index (χ0n) is 5.90. The highest BCUT2D eigenvalue weighted by Crippen LogP contribution is 2.15. The highest BCUT2D eigenvalue weighted by atomic mass is 19.4. The van der Waals surface area contributed by atoms with Crippen molar-refractivity contribution in [2.75, 3.05) is 13.3 Å². The molecule has 0 amide bonds. The van der Waals surface area contributed by atoms with Gasteiger partial charge in [0.05, 0.1) is 0 Å². The number of carbonyl (C=O) groups excluding carboxylic acids is 1. The van der Waals surface area contributed by atoms with Crippen LogP contribution in [0.1, 0.15) is 0 Å². The van der Waals surface area contributed by atoms with Crippen molar-refractivity contribution < 1.29 is 27.1 Å². The van der Waals surface area contributed by atoms with Crippen LogP contribution in [0.15, 0.2) is 12.2 Å². The first-order valence-electron chi connectivity index (χ1n) is 2.91. The third kappa shape index (κ3) is 7.04. The Kier molecular flexibility index (Phi) is 4.31. The van der Waals surface area contributed by atoms with E-state index in [0.717, 1.165) is 0 Å². The minimum atomic E-state index is -4.43. The Hall–Kier alpha value is -1.07. The van der Waals surface area contributed by atoms with E-state index in [4.69, 9.17) is 0 Å². The molecular weight excluding hydrogens is 180 g/mol. The predicted octanol–water partition coefficient (Wildman–Crippen LogP) is 1.62. The monoisotopic (exact) mass is 186 g/mol. The molecule has 0 aromatic rings. The van der Waals surface area contributed by atoms with E-state index in [1.807, 2.05) is 0 Å². The van der Waals surface area contributed by atoms with Gasteiger partial charge in [-0.25, -0.2) is 9.18 Å². The smallest absolute Gasteiger partial charge is 0.409 e. The van der Waals surface area contributed by atoms with Crippen molar-refractivity contribution in [3.63, 3.8) is 0 Å². The summed E-state index contributed by atoms with van der Waals surface area (Å²) in [5.41, 5.74) is 0. The molecule has 0 unspecified atom stereocenters. The minimum absolute atomic E-state index is 0.0848. The molecule has 0 saturated carbocycles. The average molecular weight is 186 g/mol. The molecule has 0 aliphatic carbocycles. The number of hydrogen-bond donors (Lipinski definition) is 0. The lowest BCUT2D eigenvalue weighted by Crippen LogP contribution is -2.07. The van der Waals surface area contributed by atoms with E-state index in [-0.39, 0.29) is 6.08 Å². The summed E-state index contributed by atoms with van der Waals surface area (Å²) in [4.78, 5) is 10.0. The second-order valence-corrected chi connectivity index (χ2v) is 1.76. The predicted molar refractivity (Wildman–Crippen MR) is 32.1 cm³/mol. The molecule has 12 heavy (non-hydrogen) atoms. The maximum atomic E-state index is 11.4. The van der Waals surface area contributed by atoms with E-state index in [2.05, 4.69) is 4.74 Å². The summed E-state index contributed by atoms with van der Waals surface area (Å²) in [7, 11) is 0. The van der Waals surface area contributed by atoms with Gasteiger partial charge in [-0.05, 0) is 6.08 Å². The van der Waals surface area contributed by atoms with Gasteiger partial charge in [-0.3, -0.25) is 0 Å². The fourth-order valence-electron chi connectivity index (χ4n) is 0.361. The van der Waals surface area contributed by atoms with Gasteiger partial charge in [0, 0.05) is 6.08 Å². The fourth-order valence-corrected chi connectivity index (χ4v) is 0.361. The lowest BCUT2D eigenvalue weighted by Gasteiger charge is -1.98. The quantitative estimate of drug-likeness (QED) is 0.380. The van der Waals surface area contributed by atoms with E-state index in [9.17, 15) is 22.4 Å². The summed E-state index contributed by atoms with van der Waals surface area (Å²) < 4.78 is 49.4. The molecule has 0 spiro atoms. The Morgan fingerprint density at radius 3 is 2.42 bits per heavy atom.